The summed E-state index contributed by atoms with van der Waals surface area (Å²) in [6.45, 7) is 2.87. The highest BCUT2D eigenvalue weighted by molar-refractivity contribution is 7.17. The van der Waals surface area contributed by atoms with Gasteiger partial charge in [-0.05, 0) is 30.5 Å². The van der Waals surface area contributed by atoms with Crippen LogP contribution in [-0.2, 0) is 6.54 Å². The lowest BCUT2D eigenvalue weighted by Crippen LogP contribution is -2.08. The summed E-state index contributed by atoms with van der Waals surface area (Å²) in [6.07, 6.45) is 1.81. The van der Waals surface area contributed by atoms with E-state index in [1.165, 1.54) is 4.70 Å². The molecule has 104 valence electrons. The van der Waals surface area contributed by atoms with E-state index in [9.17, 15) is 4.79 Å². The Kier molecular flexibility index (Phi) is 2.72. The van der Waals surface area contributed by atoms with Gasteiger partial charge < -0.3 is 9.55 Å². The first kappa shape index (κ1) is 12.4. The number of carbonyl (C=O) groups excluding carboxylic acids is 1. The first-order chi connectivity index (χ1) is 10.3. The predicted molar refractivity (Wildman–Crippen MR) is 87.2 cm³/mol. The topological polar surface area (TPSA) is 37.8 Å². The molecule has 21 heavy (non-hydrogen) atoms. The molecule has 0 saturated carbocycles. The molecule has 4 rings (SSSR count). The molecule has 0 unspecified atom stereocenters. The van der Waals surface area contributed by atoms with Crippen LogP contribution in [0.5, 0.6) is 0 Å². The maximum Gasteiger partial charge on any atom is 0.211 e. The third-order valence-corrected chi connectivity index (χ3v) is 4.76. The quantitative estimate of drug-likeness (QED) is 0.557. The number of ketones is 1. The van der Waals surface area contributed by atoms with Gasteiger partial charge in [-0.25, -0.2) is 0 Å². The minimum Gasteiger partial charge on any atom is -0.360 e. The summed E-state index contributed by atoms with van der Waals surface area (Å²) in [5, 5.41) is 3.05. The predicted octanol–water partition coefficient (Wildman–Crippen LogP) is 4.44. The van der Waals surface area contributed by atoms with Crippen LogP contribution in [0.25, 0.3) is 21.1 Å². The second kappa shape index (κ2) is 4.60. The molecule has 4 aromatic rings. The summed E-state index contributed by atoms with van der Waals surface area (Å²) in [6, 6.07) is 12.0. The van der Waals surface area contributed by atoms with Gasteiger partial charge in [0.1, 0.15) is 0 Å². The highest BCUT2D eigenvalue weighted by Gasteiger charge is 2.19. The van der Waals surface area contributed by atoms with Crippen LogP contribution in [0.3, 0.4) is 0 Å². The van der Waals surface area contributed by atoms with E-state index in [0.717, 1.165) is 34.2 Å². The minimum absolute atomic E-state index is 0.0812. The molecule has 0 aliphatic carbocycles. The van der Waals surface area contributed by atoms with E-state index in [4.69, 9.17) is 0 Å². The fourth-order valence-corrected chi connectivity index (χ4v) is 3.73. The molecule has 0 atom stereocenters. The van der Waals surface area contributed by atoms with Crippen LogP contribution >= 0.6 is 11.3 Å². The molecule has 0 fully saturated rings. The van der Waals surface area contributed by atoms with Gasteiger partial charge in [0, 0.05) is 29.2 Å². The Morgan fingerprint density at radius 1 is 1.29 bits per heavy atom. The Balaban J connectivity index is 1.91. The monoisotopic (exact) mass is 294 g/mol. The smallest absolute Gasteiger partial charge is 0.211 e. The Morgan fingerprint density at radius 3 is 3.00 bits per heavy atom. The SMILES string of the molecule is CCn1c(C(=O)c2c[nH]c3ccccc23)cc2sccc21. The van der Waals surface area contributed by atoms with Crippen LogP contribution in [0.2, 0.25) is 0 Å². The summed E-state index contributed by atoms with van der Waals surface area (Å²) < 4.78 is 3.26. The van der Waals surface area contributed by atoms with Gasteiger partial charge in [0.2, 0.25) is 5.78 Å². The molecule has 0 bridgehead atoms. The number of H-pyrrole nitrogens is 1. The van der Waals surface area contributed by atoms with Crippen LogP contribution in [-0.4, -0.2) is 15.3 Å². The van der Waals surface area contributed by atoms with E-state index in [2.05, 4.69) is 27.9 Å². The van der Waals surface area contributed by atoms with Crippen LogP contribution in [0, 0.1) is 0 Å². The molecule has 1 aromatic carbocycles. The third kappa shape index (κ3) is 1.76. The lowest BCUT2D eigenvalue weighted by molar-refractivity contribution is 0.103. The number of aromatic amines is 1. The maximum atomic E-state index is 12.9. The first-order valence-electron chi connectivity index (χ1n) is 6.97. The molecule has 0 aliphatic heterocycles. The first-order valence-corrected chi connectivity index (χ1v) is 7.85. The molecule has 0 amide bonds. The molecule has 0 saturated heterocycles. The van der Waals surface area contributed by atoms with Crippen molar-refractivity contribution in [1.29, 1.82) is 0 Å². The van der Waals surface area contributed by atoms with Gasteiger partial charge in [-0.15, -0.1) is 11.3 Å². The molecular weight excluding hydrogens is 280 g/mol. The zero-order valence-electron chi connectivity index (χ0n) is 11.6. The van der Waals surface area contributed by atoms with E-state index < -0.39 is 0 Å². The molecule has 0 aliphatic rings. The van der Waals surface area contributed by atoms with E-state index in [-0.39, 0.29) is 5.78 Å². The second-order valence-electron chi connectivity index (χ2n) is 5.02. The van der Waals surface area contributed by atoms with Crippen LogP contribution < -0.4 is 0 Å². The summed E-state index contributed by atoms with van der Waals surface area (Å²) >= 11 is 1.68. The van der Waals surface area contributed by atoms with Crippen molar-refractivity contribution in [2.75, 3.05) is 0 Å². The largest absolute Gasteiger partial charge is 0.360 e. The number of fused-ring (bicyclic) bond motifs is 2. The zero-order chi connectivity index (χ0) is 14.4. The van der Waals surface area contributed by atoms with Crippen molar-refractivity contribution in [2.45, 2.75) is 13.5 Å². The number of hydrogen-bond acceptors (Lipinski definition) is 2. The van der Waals surface area contributed by atoms with E-state index >= 15 is 0 Å². The molecule has 0 radical (unpaired) electrons. The normalized spacial score (nSPS) is 11.5. The van der Waals surface area contributed by atoms with E-state index in [1.807, 2.05) is 36.5 Å². The molecule has 1 N–H and O–H groups in total. The molecule has 0 spiro atoms. The average Bonchev–Trinajstić information content (AvgIpc) is 3.19. The van der Waals surface area contributed by atoms with Crippen molar-refractivity contribution in [3.8, 4) is 0 Å². The fourth-order valence-electron chi connectivity index (χ4n) is 2.90. The van der Waals surface area contributed by atoms with Gasteiger partial charge in [0.05, 0.1) is 15.9 Å². The standard InChI is InChI=1S/C17H14N2OS/c1-2-19-14-7-8-21-16(14)9-15(19)17(20)12-10-18-13-6-4-3-5-11(12)13/h3-10,18H,2H2,1H3. The second-order valence-corrected chi connectivity index (χ2v) is 5.97. The van der Waals surface area contributed by atoms with E-state index in [0.29, 0.717) is 0 Å². The van der Waals surface area contributed by atoms with Crippen molar-refractivity contribution in [2.24, 2.45) is 0 Å². The van der Waals surface area contributed by atoms with Crippen molar-refractivity contribution in [3.63, 3.8) is 0 Å². The maximum absolute atomic E-state index is 12.9. The minimum atomic E-state index is 0.0812. The summed E-state index contributed by atoms with van der Waals surface area (Å²) in [5.74, 6) is 0.0812. The summed E-state index contributed by atoms with van der Waals surface area (Å²) in [7, 11) is 0. The van der Waals surface area contributed by atoms with Crippen molar-refractivity contribution in [3.05, 3.63) is 59.2 Å². The number of para-hydroxylation sites is 1. The number of hydrogen-bond donors (Lipinski definition) is 1. The van der Waals surface area contributed by atoms with Crippen LogP contribution in [0.1, 0.15) is 23.0 Å². The Labute approximate surface area is 125 Å². The highest BCUT2D eigenvalue weighted by atomic mass is 32.1. The number of aromatic nitrogens is 2. The van der Waals surface area contributed by atoms with Crippen molar-refractivity contribution in [1.82, 2.24) is 9.55 Å². The molecule has 3 nitrogen and oxygen atoms in total. The molecule has 3 aromatic heterocycles. The van der Waals surface area contributed by atoms with Gasteiger partial charge in [0.15, 0.2) is 0 Å². The van der Waals surface area contributed by atoms with Gasteiger partial charge in [-0.3, -0.25) is 4.79 Å². The Hall–Kier alpha value is -2.33. The van der Waals surface area contributed by atoms with Gasteiger partial charge >= 0.3 is 0 Å². The molecular formula is C17H14N2OS. The van der Waals surface area contributed by atoms with Gasteiger partial charge in [-0.1, -0.05) is 18.2 Å². The van der Waals surface area contributed by atoms with Crippen LogP contribution in [0.4, 0.5) is 0 Å². The molecule has 3 heterocycles. The summed E-state index contributed by atoms with van der Waals surface area (Å²) in [4.78, 5) is 16.1. The van der Waals surface area contributed by atoms with E-state index in [1.54, 1.807) is 11.3 Å². The third-order valence-electron chi connectivity index (χ3n) is 3.91. The number of aryl methyl sites for hydroxylation is 1. The molecule has 4 heteroatoms. The van der Waals surface area contributed by atoms with Gasteiger partial charge in [-0.2, -0.15) is 0 Å². The fraction of sp³-hybridized carbons (Fsp3) is 0.118. The number of nitrogens with zero attached hydrogens (tertiary/aromatic N) is 1. The van der Waals surface area contributed by atoms with Gasteiger partial charge in [0.25, 0.3) is 0 Å². The highest BCUT2D eigenvalue weighted by Crippen LogP contribution is 2.28. The van der Waals surface area contributed by atoms with Crippen molar-refractivity contribution < 1.29 is 4.79 Å². The lowest BCUT2D eigenvalue weighted by atomic mass is 10.1. The lowest BCUT2D eigenvalue weighted by Gasteiger charge is -2.05. The average molecular weight is 294 g/mol. The van der Waals surface area contributed by atoms with Crippen LogP contribution in [0.15, 0.2) is 48.0 Å². The Bertz CT molecular complexity index is 958. The number of benzene rings is 1. The van der Waals surface area contributed by atoms with Crippen molar-refractivity contribution >= 4 is 38.2 Å². The Morgan fingerprint density at radius 2 is 2.14 bits per heavy atom. The number of rotatable bonds is 3. The summed E-state index contributed by atoms with van der Waals surface area (Å²) in [5.41, 5.74) is 3.65. The number of nitrogens with one attached hydrogen (secondary N) is 1. The number of carbonyl (C=O) groups is 1. The number of thiophene rings is 1. The zero-order valence-corrected chi connectivity index (χ0v) is 12.4.